The molecule has 0 aliphatic carbocycles. The summed E-state index contributed by atoms with van der Waals surface area (Å²) in [5, 5.41) is 3.34. The van der Waals surface area contributed by atoms with Gasteiger partial charge in [0, 0.05) is 49.7 Å². The van der Waals surface area contributed by atoms with E-state index in [1.54, 1.807) is 18.3 Å². The lowest BCUT2D eigenvalue weighted by molar-refractivity contribution is 0.0992. The first-order valence-corrected chi connectivity index (χ1v) is 11.3. The highest BCUT2D eigenvalue weighted by molar-refractivity contribution is 7.88. The Balaban J connectivity index is 1.70. The molecule has 0 bridgehead atoms. The van der Waals surface area contributed by atoms with Crippen LogP contribution in [0.3, 0.4) is 0 Å². The number of sulfonamides is 1. The molecule has 1 aromatic heterocycles. The van der Waals surface area contributed by atoms with Gasteiger partial charge in [0.25, 0.3) is 5.91 Å². The zero-order valence-electron chi connectivity index (χ0n) is 16.7. The number of hydrogen-bond donors (Lipinski definition) is 1. The summed E-state index contributed by atoms with van der Waals surface area (Å²) in [5.41, 5.74) is 11.3. The minimum Gasteiger partial charge on any atom is -0.354 e. The highest BCUT2D eigenvalue weighted by atomic mass is 32.2. The number of carbonyl (C=O) groups is 1. The van der Waals surface area contributed by atoms with Gasteiger partial charge in [0.2, 0.25) is 10.0 Å². The van der Waals surface area contributed by atoms with Crippen LogP contribution in [0.2, 0.25) is 0 Å². The molecule has 9 heteroatoms. The van der Waals surface area contributed by atoms with Crippen molar-refractivity contribution in [1.29, 1.82) is 0 Å². The molecule has 1 radical (unpaired) electrons. The Morgan fingerprint density at radius 2 is 1.90 bits per heavy atom. The molecule has 8 nitrogen and oxygen atoms in total. The van der Waals surface area contributed by atoms with Crippen LogP contribution in [0.4, 0.5) is 11.4 Å². The van der Waals surface area contributed by atoms with Crippen molar-refractivity contribution in [3.63, 3.8) is 0 Å². The molecule has 155 valence electrons. The third-order valence-electron chi connectivity index (χ3n) is 5.06. The fourth-order valence-electron chi connectivity index (χ4n) is 3.32. The van der Waals surface area contributed by atoms with E-state index in [9.17, 15) is 13.2 Å². The van der Waals surface area contributed by atoms with E-state index in [0.717, 1.165) is 29.2 Å². The molecule has 1 aromatic carbocycles. The Bertz CT molecular complexity index is 968. The van der Waals surface area contributed by atoms with Crippen LogP contribution < -0.4 is 11.1 Å². The van der Waals surface area contributed by atoms with E-state index >= 15 is 0 Å². The van der Waals surface area contributed by atoms with Gasteiger partial charge >= 0.3 is 0 Å². The molecule has 0 atom stereocenters. The molecule has 0 saturated carbocycles. The van der Waals surface area contributed by atoms with Crippen molar-refractivity contribution >= 4 is 27.3 Å². The van der Waals surface area contributed by atoms with E-state index in [4.69, 9.17) is 5.73 Å². The summed E-state index contributed by atoms with van der Waals surface area (Å²) in [6, 6.07) is 9.09. The third kappa shape index (κ3) is 5.75. The second-order valence-electron chi connectivity index (χ2n) is 7.27. The van der Waals surface area contributed by atoms with Gasteiger partial charge in [-0.3, -0.25) is 15.5 Å². The van der Waals surface area contributed by atoms with E-state index in [0.29, 0.717) is 38.2 Å². The molecule has 1 fully saturated rings. The number of nitrogens with one attached hydrogen (secondary N) is 2. The summed E-state index contributed by atoms with van der Waals surface area (Å²) in [7, 11) is -3.14. The number of aryl methyl sites for hydroxylation is 1. The van der Waals surface area contributed by atoms with E-state index in [1.165, 1.54) is 10.6 Å². The Morgan fingerprint density at radius 1 is 1.17 bits per heavy atom. The summed E-state index contributed by atoms with van der Waals surface area (Å²) in [6.07, 6.45) is 3.68. The summed E-state index contributed by atoms with van der Waals surface area (Å²) in [5.74, 6) is -0.712. The largest absolute Gasteiger partial charge is 0.354 e. The van der Waals surface area contributed by atoms with Gasteiger partial charge in [-0.2, -0.15) is 4.31 Å². The normalized spacial score (nSPS) is 15.9. The molecular weight excluding hydrogens is 390 g/mol. The van der Waals surface area contributed by atoms with Gasteiger partial charge in [0.05, 0.1) is 18.1 Å². The number of amides is 1. The molecule has 1 amide bonds. The van der Waals surface area contributed by atoms with E-state index < -0.39 is 15.9 Å². The fraction of sp³-hybridized carbons (Fsp3) is 0.400. The average molecular weight is 417 g/mol. The number of carbonyl (C=O) groups excluding carboxylic acids is 1. The monoisotopic (exact) mass is 416 g/mol. The van der Waals surface area contributed by atoms with Crippen molar-refractivity contribution in [2.45, 2.75) is 13.3 Å². The number of benzene rings is 1. The molecule has 2 N–H and O–H groups in total. The number of pyridine rings is 1. The predicted molar refractivity (Wildman–Crippen MR) is 113 cm³/mol. The van der Waals surface area contributed by atoms with Gasteiger partial charge in [0.1, 0.15) is 0 Å². The smallest absolute Gasteiger partial charge is 0.269 e. The van der Waals surface area contributed by atoms with Gasteiger partial charge in [0.15, 0.2) is 0 Å². The maximum atomic E-state index is 11.7. The van der Waals surface area contributed by atoms with Gasteiger partial charge in [-0.1, -0.05) is 0 Å². The second kappa shape index (κ2) is 8.89. The average Bonchev–Trinajstić information content (AvgIpc) is 2.68. The highest BCUT2D eigenvalue weighted by Gasteiger charge is 2.23. The van der Waals surface area contributed by atoms with Crippen molar-refractivity contribution < 1.29 is 13.2 Å². The Morgan fingerprint density at radius 3 is 2.48 bits per heavy atom. The molecule has 29 heavy (non-hydrogen) atoms. The number of hydrogen-bond acceptors (Lipinski definition) is 6. The van der Waals surface area contributed by atoms with Crippen molar-refractivity contribution in [3.8, 4) is 0 Å². The van der Waals surface area contributed by atoms with Gasteiger partial charge in [-0.15, -0.1) is 0 Å². The molecular formula is C20H26N5O3S. The van der Waals surface area contributed by atoms with Crippen LogP contribution in [-0.2, 0) is 16.4 Å². The highest BCUT2D eigenvalue weighted by Crippen LogP contribution is 2.23. The summed E-state index contributed by atoms with van der Waals surface area (Å²) < 4.78 is 24.8. The first kappa shape index (κ1) is 21.2. The quantitative estimate of drug-likeness (QED) is 0.736. The minimum absolute atomic E-state index is 0.356. The maximum absolute atomic E-state index is 11.7. The third-order valence-corrected chi connectivity index (χ3v) is 6.36. The lowest BCUT2D eigenvalue weighted by Crippen LogP contribution is -2.48. The van der Waals surface area contributed by atoms with Crippen molar-refractivity contribution in [3.05, 3.63) is 53.3 Å². The van der Waals surface area contributed by atoms with Crippen LogP contribution in [-0.4, -0.2) is 67.5 Å². The zero-order valence-corrected chi connectivity index (χ0v) is 17.5. The van der Waals surface area contributed by atoms with Crippen LogP contribution in [0.1, 0.15) is 21.6 Å². The number of anilines is 2. The van der Waals surface area contributed by atoms with Gasteiger partial charge in [-0.05, 0) is 49.2 Å². The van der Waals surface area contributed by atoms with Crippen LogP contribution in [0.25, 0.3) is 0 Å². The second-order valence-corrected chi connectivity index (χ2v) is 9.25. The molecule has 2 aromatic rings. The van der Waals surface area contributed by atoms with Crippen molar-refractivity contribution in [2.24, 2.45) is 0 Å². The van der Waals surface area contributed by atoms with Gasteiger partial charge < -0.3 is 10.2 Å². The van der Waals surface area contributed by atoms with Crippen LogP contribution in [0, 0.1) is 6.92 Å². The van der Waals surface area contributed by atoms with E-state index in [-0.39, 0.29) is 0 Å². The minimum atomic E-state index is -3.14. The molecule has 2 heterocycles. The molecule has 3 rings (SSSR count). The summed E-state index contributed by atoms with van der Waals surface area (Å²) >= 11 is 0. The van der Waals surface area contributed by atoms with Crippen molar-refractivity contribution in [2.75, 3.05) is 44.3 Å². The molecule has 1 saturated heterocycles. The van der Waals surface area contributed by atoms with Gasteiger partial charge in [-0.25, -0.2) is 8.42 Å². The SMILES string of the molecule is Cc1ccc(Nc2ccc(C([NH])=O)cc2CCN2CCN(S(C)(=O)=O)CC2)cn1. The van der Waals surface area contributed by atoms with Crippen LogP contribution >= 0.6 is 0 Å². The lowest BCUT2D eigenvalue weighted by atomic mass is 10.0. The van der Waals surface area contributed by atoms with Crippen molar-refractivity contribution in [1.82, 2.24) is 19.9 Å². The molecule has 1 aliphatic rings. The Hall–Kier alpha value is -2.49. The lowest BCUT2D eigenvalue weighted by Gasteiger charge is -2.33. The van der Waals surface area contributed by atoms with Crippen LogP contribution in [0.5, 0.6) is 0 Å². The number of rotatable bonds is 7. The standard InChI is InChI=1S/C20H26N5O3S/c1-15-3-5-18(14-22-15)23-19-6-4-17(20(21)26)13-16(19)7-8-24-9-11-25(12-10-24)29(2,27)28/h3-6,13-14,21,23H,7-12H2,1-2H3. The first-order valence-electron chi connectivity index (χ1n) is 9.48. The maximum Gasteiger partial charge on any atom is 0.269 e. The Labute approximate surface area is 171 Å². The molecule has 1 aliphatic heterocycles. The van der Waals surface area contributed by atoms with E-state index in [2.05, 4.69) is 15.2 Å². The predicted octanol–water partition coefficient (Wildman–Crippen LogP) is 1.68. The number of aromatic nitrogens is 1. The number of nitrogens with zero attached hydrogens (tertiary/aromatic N) is 3. The summed E-state index contributed by atoms with van der Waals surface area (Å²) in [4.78, 5) is 18.0. The Kier molecular flexibility index (Phi) is 6.51. The fourth-order valence-corrected chi connectivity index (χ4v) is 4.15. The summed E-state index contributed by atoms with van der Waals surface area (Å²) in [6.45, 7) is 5.00. The zero-order chi connectivity index (χ0) is 21.0. The number of piperazine rings is 1. The first-order chi connectivity index (χ1) is 13.7. The van der Waals surface area contributed by atoms with E-state index in [1.807, 2.05) is 25.1 Å². The molecule has 0 spiro atoms. The topological polar surface area (TPSA) is 106 Å². The molecule has 0 unspecified atom stereocenters. The van der Waals surface area contributed by atoms with Crippen LogP contribution in [0.15, 0.2) is 36.5 Å².